The molecule has 0 saturated heterocycles. The van der Waals surface area contributed by atoms with Crippen LogP contribution < -0.4 is 11.1 Å². The number of rotatable bonds is 4. The van der Waals surface area contributed by atoms with Crippen LogP contribution in [0.1, 0.15) is 21.5 Å². The van der Waals surface area contributed by atoms with E-state index in [0.29, 0.717) is 17.8 Å². The summed E-state index contributed by atoms with van der Waals surface area (Å²) in [6.45, 7) is 2.70. The van der Waals surface area contributed by atoms with Gasteiger partial charge in [-0.15, -0.1) is 0 Å². The maximum absolute atomic E-state index is 11.9. The Hall–Kier alpha value is -2.29. The molecular formula is C16H18N2O. The predicted molar refractivity (Wildman–Crippen MR) is 78.1 cm³/mol. The summed E-state index contributed by atoms with van der Waals surface area (Å²) in [4.78, 5) is 11.9. The Morgan fingerprint density at radius 2 is 1.95 bits per heavy atom. The molecule has 19 heavy (non-hydrogen) atoms. The van der Waals surface area contributed by atoms with Crippen molar-refractivity contribution in [1.29, 1.82) is 0 Å². The van der Waals surface area contributed by atoms with E-state index in [2.05, 4.69) is 24.4 Å². The van der Waals surface area contributed by atoms with Crippen molar-refractivity contribution in [1.82, 2.24) is 5.32 Å². The van der Waals surface area contributed by atoms with Crippen LogP contribution in [0.4, 0.5) is 5.69 Å². The molecule has 0 aliphatic carbocycles. The van der Waals surface area contributed by atoms with Gasteiger partial charge in [0.15, 0.2) is 0 Å². The molecule has 2 rings (SSSR count). The molecule has 2 aromatic rings. The molecule has 3 N–H and O–H groups in total. The maximum Gasteiger partial charge on any atom is 0.251 e. The monoisotopic (exact) mass is 254 g/mol. The molecule has 0 aromatic heterocycles. The highest BCUT2D eigenvalue weighted by Crippen LogP contribution is 2.08. The van der Waals surface area contributed by atoms with Gasteiger partial charge in [-0.05, 0) is 42.7 Å². The van der Waals surface area contributed by atoms with Crippen LogP contribution in [0, 0.1) is 6.92 Å². The number of anilines is 1. The zero-order valence-corrected chi connectivity index (χ0v) is 11.0. The van der Waals surface area contributed by atoms with Crippen molar-refractivity contribution in [2.45, 2.75) is 13.3 Å². The lowest BCUT2D eigenvalue weighted by atomic mass is 10.1. The summed E-state index contributed by atoms with van der Waals surface area (Å²) in [5.74, 6) is -0.0825. The van der Waals surface area contributed by atoms with E-state index in [9.17, 15) is 4.79 Å². The maximum atomic E-state index is 11.9. The zero-order chi connectivity index (χ0) is 13.7. The molecule has 3 heteroatoms. The molecule has 0 heterocycles. The van der Waals surface area contributed by atoms with Crippen molar-refractivity contribution in [3.8, 4) is 0 Å². The highest BCUT2D eigenvalue weighted by Gasteiger charge is 2.05. The topological polar surface area (TPSA) is 55.1 Å². The van der Waals surface area contributed by atoms with Crippen molar-refractivity contribution in [2.75, 3.05) is 12.3 Å². The number of benzene rings is 2. The van der Waals surface area contributed by atoms with Crippen molar-refractivity contribution in [3.63, 3.8) is 0 Å². The third kappa shape index (κ3) is 3.58. The number of carbonyl (C=O) groups is 1. The van der Waals surface area contributed by atoms with Gasteiger partial charge < -0.3 is 11.1 Å². The first-order valence-electron chi connectivity index (χ1n) is 6.35. The van der Waals surface area contributed by atoms with E-state index in [-0.39, 0.29) is 5.91 Å². The molecule has 0 radical (unpaired) electrons. The number of hydrogen-bond acceptors (Lipinski definition) is 2. The average Bonchev–Trinajstić information content (AvgIpc) is 2.41. The first-order valence-corrected chi connectivity index (χ1v) is 6.35. The standard InChI is InChI=1S/C16H18N2O/c1-12-5-2-3-6-13(12)9-10-18-16(19)14-7-4-8-15(17)11-14/h2-8,11H,9-10,17H2,1H3,(H,18,19). The second kappa shape index (κ2) is 6.05. The Kier molecular flexibility index (Phi) is 4.18. The summed E-state index contributed by atoms with van der Waals surface area (Å²) in [6, 6.07) is 15.2. The minimum atomic E-state index is -0.0825. The average molecular weight is 254 g/mol. The van der Waals surface area contributed by atoms with Gasteiger partial charge in [-0.2, -0.15) is 0 Å². The van der Waals surface area contributed by atoms with Crippen molar-refractivity contribution in [2.24, 2.45) is 0 Å². The summed E-state index contributed by atoms with van der Waals surface area (Å²) < 4.78 is 0. The Bertz CT molecular complexity index is 578. The van der Waals surface area contributed by atoms with Crippen LogP contribution in [0.15, 0.2) is 48.5 Å². The van der Waals surface area contributed by atoms with Crippen molar-refractivity contribution < 1.29 is 4.79 Å². The molecule has 0 aliphatic heterocycles. The minimum Gasteiger partial charge on any atom is -0.399 e. The van der Waals surface area contributed by atoms with E-state index in [4.69, 9.17) is 5.73 Å². The third-order valence-corrected chi connectivity index (χ3v) is 3.09. The second-order valence-electron chi connectivity index (χ2n) is 4.56. The van der Waals surface area contributed by atoms with Crippen LogP contribution in [-0.4, -0.2) is 12.5 Å². The molecular weight excluding hydrogens is 236 g/mol. The van der Waals surface area contributed by atoms with Gasteiger partial charge in [-0.3, -0.25) is 4.79 Å². The highest BCUT2D eigenvalue weighted by molar-refractivity contribution is 5.94. The number of amides is 1. The van der Waals surface area contributed by atoms with Crippen molar-refractivity contribution in [3.05, 3.63) is 65.2 Å². The molecule has 2 aromatic carbocycles. The lowest BCUT2D eigenvalue weighted by Crippen LogP contribution is -2.25. The highest BCUT2D eigenvalue weighted by atomic mass is 16.1. The van der Waals surface area contributed by atoms with E-state index < -0.39 is 0 Å². The molecule has 0 spiro atoms. The lowest BCUT2D eigenvalue weighted by Gasteiger charge is -2.07. The zero-order valence-electron chi connectivity index (χ0n) is 11.0. The van der Waals surface area contributed by atoms with Crippen LogP contribution >= 0.6 is 0 Å². The fourth-order valence-electron chi connectivity index (χ4n) is 1.98. The SMILES string of the molecule is Cc1ccccc1CCNC(=O)c1cccc(N)c1. The number of carbonyl (C=O) groups excluding carboxylic acids is 1. The first-order chi connectivity index (χ1) is 9.16. The largest absolute Gasteiger partial charge is 0.399 e. The van der Waals surface area contributed by atoms with Gasteiger partial charge in [0.25, 0.3) is 5.91 Å². The molecule has 0 aliphatic rings. The fourth-order valence-corrected chi connectivity index (χ4v) is 1.98. The van der Waals surface area contributed by atoms with Gasteiger partial charge in [0.2, 0.25) is 0 Å². The van der Waals surface area contributed by atoms with Gasteiger partial charge in [-0.1, -0.05) is 30.3 Å². The van der Waals surface area contributed by atoms with Crippen LogP contribution in [0.5, 0.6) is 0 Å². The van der Waals surface area contributed by atoms with Gasteiger partial charge in [0, 0.05) is 17.8 Å². The minimum absolute atomic E-state index is 0.0825. The number of nitrogen functional groups attached to an aromatic ring is 1. The lowest BCUT2D eigenvalue weighted by molar-refractivity contribution is 0.0954. The van der Waals surface area contributed by atoms with Crippen LogP contribution in [0.2, 0.25) is 0 Å². The number of nitrogens with one attached hydrogen (secondary N) is 1. The summed E-state index contributed by atoms with van der Waals surface area (Å²) in [6.07, 6.45) is 0.834. The van der Waals surface area contributed by atoms with E-state index >= 15 is 0 Å². The Balaban J connectivity index is 1.90. The fraction of sp³-hybridized carbons (Fsp3) is 0.188. The normalized spacial score (nSPS) is 10.2. The van der Waals surface area contributed by atoms with Crippen LogP contribution in [0.3, 0.4) is 0 Å². The Morgan fingerprint density at radius 1 is 1.16 bits per heavy atom. The summed E-state index contributed by atoms with van der Waals surface area (Å²) >= 11 is 0. The Labute approximate surface area is 113 Å². The number of hydrogen-bond donors (Lipinski definition) is 2. The first kappa shape index (κ1) is 13.1. The van der Waals surface area contributed by atoms with Crippen LogP contribution in [0.25, 0.3) is 0 Å². The summed E-state index contributed by atoms with van der Waals surface area (Å²) in [5, 5.41) is 2.91. The Morgan fingerprint density at radius 3 is 2.68 bits per heavy atom. The van der Waals surface area contributed by atoms with Crippen LogP contribution in [-0.2, 0) is 6.42 Å². The van der Waals surface area contributed by atoms with E-state index in [1.54, 1.807) is 24.3 Å². The third-order valence-electron chi connectivity index (χ3n) is 3.09. The molecule has 0 unspecified atom stereocenters. The quantitative estimate of drug-likeness (QED) is 0.824. The number of aryl methyl sites for hydroxylation is 1. The smallest absolute Gasteiger partial charge is 0.251 e. The van der Waals surface area contributed by atoms with Gasteiger partial charge in [-0.25, -0.2) is 0 Å². The van der Waals surface area contributed by atoms with E-state index in [1.807, 2.05) is 12.1 Å². The van der Waals surface area contributed by atoms with E-state index in [1.165, 1.54) is 11.1 Å². The van der Waals surface area contributed by atoms with Crippen molar-refractivity contribution >= 4 is 11.6 Å². The van der Waals surface area contributed by atoms with Gasteiger partial charge >= 0.3 is 0 Å². The van der Waals surface area contributed by atoms with Gasteiger partial charge in [0.05, 0.1) is 0 Å². The van der Waals surface area contributed by atoms with Gasteiger partial charge in [0.1, 0.15) is 0 Å². The molecule has 0 saturated carbocycles. The molecule has 0 bridgehead atoms. The molecule has 3 nitrogen and oxygen atoms in total. The summed E-state index contributed by atoms with van der Waals surface area (Å²) in [5.41, 5.74) is 9.37. The molecule has 1 amide bonds. The molecule has 0 fully saturated rings. The van der Waals surface area contributed by atoms with E-state index in [0.717, 1.165) is 6.42 Å². The predicted octanol–water partition coefficient (Wildman–Crippen LogP) is 2.55. The second-order valence-corrected chi connectivity index (χ2v) is 4.56. The molecule has 0 atom stereocenters. The number of nitrogens with two attached hydrogens (primary N) is 1. The summed E-state index contributed by atoms with van der Waals surface area (Å²) in [7, 11) is 0. The molecule has 98 valence electrons.